The molecule has 120 valence electrons. The fourth-order valence-electron chi connectivity index (χ4n) is 2.36. The molecule has 21 heavy (non-hydrogen) atoms. The van der Waals surface area contributed by atoms with Crippen molar-refractivity contribution < 1.29 is 0 Å². The van der Waals surface area contributed by atoms with Gasteiger partial charge in [0.1, 0.15) is 17.5 Å². The number of hydrogen-bond acceptors (Lipinski definition) is 5. The molecule has 0 spiro atoms. The van der Waals surface area contributed by atoms with E-state index in [1.807, 2.05) is 6.92 Å². The first-order valence-electron chi connectivity index (χ1n) is 8.23. The lowest BCUT2D eigenvalue weighted by atomic mass is 10.1. The van der Waals surface area contributed by atoms with Gasteiger partial charge >= 0.3 is 0 Å². The Morgan fingerprint density at radius 2 is 1.76 bits per heavy atom. The van der Waals surface area contributed by atoms with Crippen LogP contribution >= 0.6 is 0 Å². The van der Waals surface area contributed by atoms with Gasteiger partial charge in [-0.1, -0.05) is 39.5 Å². The van der Waals surface area contributed by atoms with Crippen molar-refractivity contribution in [2.24, 2.45) is 5.84 Å². The molecule has 1 aromatic heterocycles. The SMILES string of the molecule is CCCCCCC(C)Nc1nc(CCC)nc(NN)c1C. The van der Waals surface area contributed by atoms with Crippen LogP contribution < -0.4 is 16.6 Å². The summed E-state index contributed by atoms with van der Waals surface area (Å²) in [5.41, 5.74) is 3.66. The lowest BCUT2D eigenvalue weighted by molar-refractivity contribution is 0.592. The maximum Gasteiger partial charge on any atom is 0.148 e. The van der Waals surface area contributed by atoms with Gasteiger partial charge in [-0.05, 0) is 26.7 Å². The fraction of sp³-hybridized carbons (Fsp3) is 0.750. The van der Waals surface area contributed by atoms with Crippen molar-refractivity contribution in [1.29, 1.82) is 0 Å². The Hall–Kier alpha value is -1.36. The molecule has 0 aliphatic heterocycles. The molecule has 1 atom stereocenters. The van der Waals surface area contributed by atoms with Gasteiger partial charge in [0.25, 0.3) is 0 Å². The van der Waals surface area contributed by atoms with E-state index < -0.39 is 0 Å². The molecule has 4 N–H and O–H groups in total. The van der Waals surface area contributed by atoms with Crippen LogP contribution in [0.25, 0.3) is 0 Å². The molecular formula is C16H31N5. The zero-order valence-electron chi connectivity index (χ0n) is 14.0. The van der Waals surface area contributed by atoms with E-state index in [0.29, 0.717) is 11.9 Å². The third kappa shape index (κ3) is 5.87. The topological polar surface area (TPSA) is 75.9 Å². The highest BCUT2D eigenvalue weighted by Gasteiger charge is 2.12. The van der Waals surface area contributed by atoms with Gasteiger partial charge in [0.2, 0.25) is 0 Å². The molecule has 1 unspecified atom stereocenters. The number of aromatic nitrogens is 2. The van der Waals surface area contributed by atoms with E-state index in [9.17, 15) is 0 Å². The van der Waals surface area contributed by atoms with Crippen LogP contribution in [0.15, 0.2) is 0 Å². The molecule has 1 rings (SSSR count). The van der Waals surface area contributed by atoms with E-state index in [1.165, 1.54) is 25.7 Å². The van der Waals surface area contributed by atoms with E-state index >= 15 is 0 Å². The lowest BCUT2D eigenvalue weighted by Crippen LogP contribution is -2.20. The Kier molecular flexibility index (Phi) is 8.05. The molecule has 1 aromatic rings. The zero-order chi connectivity index (χ0) is 15.7. The molecule has 0 fully saturated rings. The van der Waals surface area contributed by atoms with Crippen LogP contribution in [0.5, 0.6) is 0 Å². The molecule has 0 radical (unpaired) electrons. The van der Waals surface area contributed by atoms with Gasteiger partial charge < -0.3 is 10.7 Å². The van der Waals surface area contributed by atoms with Crippen LogP contribution in [0.3, 0.4) is 0 Å². The summed E-state index contributed by atoms with van der Waals surface area (Å²) in [4.78, 5) is 9.08. The highest BCUT2D eigenvalue weighted by atomic mass is 15.3. The number of rotatable bonds is 10. The minimum absolute atomic E-state index is 0.413. The lowest BCUT2D eigenvalue weighted by Gasteiger charge is -2.18. The van der Waals surface area contributed by atoms with E-state index in [1.54, 1.807) is 0 Å². The van der Waals surface area contributed by atoms with Gasteiger partial charge in [-0.15, -0.1) is 0 Å². The minimum atomic E-state index is 0.413. The van der Waals surface area contributed by atoms with Crippen molar-refractivity contribution >= 4 is 11.6 Å². The van der Waals surface area contributed by atoms with Gasteiger partial charge in [-0.2, -0.15) is 0 Å². The molecular weight excluding hydrogens is 262 g/mol. The summed E-state index contributed by atoms with van der Waals surface area (Å²) in [5, 5.41) is 3.51. The van der Waals surface area contributed by atoms with Gasteiger partial charge in [0, 0.05) is 18.0 Å². The van der Waals surface area contributed by atoms with Crippen LogP contribution in [0, 0.1) is 6.92 Å². The minimum Gasteiger partial charge on any atom is -0.367 e. The van der Waals surface area contributed by atoms with Crippen LogP contribution in [-0.4, -0.2) is 16.0 Å². The standard InChI is InChI=1S/C16H31N5/c1-5-7-8-9-11-12(3)18-15-13(4)16(21-17)20-14(19-15)10-6-2/h12H,5-11,17H2,1-4H3,(H2,18,19,20,21). The number of nitrogen functional groups attached to an aromatic ring is 1. The summed E-state index contributed by atoms with van der Waals surface area (Å²) in [5.74, 6) is 8.03. The number of nitrogens with zero attached hydrogens (tertiary/aromatic N) is 2. The first kappa shape index (κ1) is 17.7. The monoisotopic (exact) mass is 293 g/mol. The normalized spacial score (nSPS) is 12.2. The highest BCUT2D eigenvalue weighted by molar-refractivity contribution is 5.57. The summed E-state index contributed by atoms with van der Waals surface area (Å²) >= 11 is 0. The van der Waals surface area contributed by atoms with Gasteiger partial charge in [0.05, 0.1) is 0 Å². The van der Waals surface area contributed by atoms with Crippen molar-refractivity contribution in [3.8, 4) is 0 Å². The van der Waals surface area contributed by atoms with Crippen LogP contribution in [0.4, 0.5) is 11.6 Å². The molecule has 5 heteroatoms. The smallest absolute Gasteiger partial charge is 0.148 e. The van der Waals surface area contributed by atoms with Crippen molar-refractivity contribution in [3.05, 3.63) is 11.4 Å². The van der Waals surface area contributed by atoms with Gasteiger partial charge in [0.15, 0.2) is 0 Å². The number of hydrogen-bond donors (Lipinski definition) is 3. The number of nitrogens with two attached hydrogens (primary N) is 1. The Balaban J connectivity index is 2.69. The third-order valence-electron chi connectivity index (χ3n) is 3.68. The Bertz CT molecular complexity index is 419. The fourth-order valence-corrected chi connectivity index (χ4v) is 2.36. The highest BCUT2D eigenvalue weighted by Crippen LogP contribution is 2.21. The second-order valence-corrected chi connectivity index (χ2v) is 5.75. The van der Waals surface area contributed by atoms with Crippen molar-refractivity contribution in [1.82, 2.24) is 9.97 Å². The predicted octanol–water partition coefficient (Wildman–Crippen LogP) is 3.79. The molecule has 0 saturated carbocycles. The Morgan fingerprint density at radius 1 is 1.05 bits per heavy atom. The first-order valence-corrected chi connectivity index (χ1v) is 8.23. The number of anilines is 2. The van der Waals surface area contributed by atoms with E-state index in [0.717, 1.165) is 36.5 Å². The Labute approximate surface area is 129 Å². The van der Waals surface area contributed by atoms with Gasteiger partial charge in [-0.3, -0.25) is 0 Å². The molecule has 0 aliphatic rings. The molecule has 1 heterocycles. The Morgan fingerprint density at radius 3 is 2.38 bits per heavy atom. The summed E-state index contributed by atoms with van der Waals surface area (Å²) in [7, 11) is 0. The predicted molar refractivity (Wildman–Crippen MR) is 90.4 cm³/mol. The molecule has 0 bridgehead atoms. The molecule has 0 aliphatic carbocycles. The molecule has 0 amide bonds. The van der Waals surface area contributed by atoms with E-state index in [-0.39, 0.29) is 0 Å². The van der Waals surface area contributed by atoms with Crippen LogP contribution in [-0.2, 0) is 6.42 Å². The van der Waals surface area contributed by atoms with Crippen LogP contribution in [0.1, 0.15) is 70.7 Å². The first-order chi connectivity index (χ1) is 10.1. The van der Waals surface area contributed by atoms with E-state index in [4.69, 9.17) is 5.84 Å². The van der Waals surface area contributed by atoms with Gasteiger partial charge in [-0.25, -0.2) is 15.8 Å². The summed E-state index contributed by atoms with van der Waals surface area (Å²) in [6.07, 6.45) is 8.23. The largest absolute Gasteiger partial charge is 0.367 e. The zero-order valence-corrected chi connectivity index (χ0v) is 14.0. The summed E-state index contributed by atoms with van der Waals surface area (Å²) in [6, 6.07) is 0.413. The maximum atomic E-state index is 5.56. The van der Waals surface area contributed by atoms with Crippen molar-refractivity contribution in [2.75, 3.05) is 10.7 Å². The number of aryl methyl sites for hydroxylation is 1. The third-order valence-corrected chi connectivity index (χ3v) is 3.68. The maximum absolute atomic E-state index is 5.56. The number of nitrogens with one attached hydrogen (secondary N) is 2. The van der Waals surface area contributed by atoms with Crippen LogP contribution in [0.2, 0.25) is 0 Å². The quantitative estimate of drug-likeness (QED) is 0.347. The number of hydrazine groups is 1. The second-order valence-electron chi connectivity index (χ2n) is 5.75. The summed E-state index contributed by atoms with van der Waals surface area (Å²) in [6.45, 7) is 8.57. The second kappa shape index (κ2) is 9.55. The molecule has 5 nitrogen and oxygen atoms in total. The summed E-state index contributed by atoms with van der Waals surface area (Å²) < 4.78 is 0. The molecule has 0 aromatic carbocycles. The average Bonchev–Trinajstić information content (AvgIpc) is 2.47. The van der Waals surface area contributed by atoms with E-state index in [2.05, 4.69) is 41.5 Å². The van der Waals surface area contributed by atoms with Crippen molar-refractivity contribution in [2.45, 2.75) is 78.7 Å². The number of unbranched alkanes of at least 4 members (excludes halogenated alkanes) is 3. The van der Waals surface area contributed by atoms with Crippen molar-refractivity contribution in [3.63, 3.8) is 0 Å². The average molecular weight is 293 g/mol. The molecule has 0 saturated heterocycles.